The summed E-state index contributed by atoms with van der Waals surface area (Å²) in [5.74, 6) is 3.57. The molecule has 5 nitrogen and oxygen atoms in total. The summed E-state index contributed by atoms with van der Waals surface area (Å²) in [4.78, 5) is 7.11. The molecule has 2 aliphatic rings. The number of aliphatic hydroxyl groups is 2. The maximum Gasteiger partial charge on any atom is 0.181 e. The van der Waals surface area contributed by atoms with Gasteiger partial charge in [0.15, 0.2) is 6.29 Å². The van der Waals surface area contributed by atoms with Crippen molar-refractivity contribution in [3.63, 3.8) is 0 Å². The van der Waals surface area contributed by atoms with Gasteiger partial charge in [-0.1, -0.05) is 6.07 Å². The maximum atomic E-state index is 9.12. The fourth-order valence-electron chi connectivity index (χ4n) is 3.34. The van der Waals surface area contributed by atoms with E-state index in [4.69, 9.17) is 19.6 Å². The molecule has 2 aromatic heterocycles. The van der Waals surface area contributed by atoms with Crippen LogP contribution in [0.3, 0.4) is 0 Å². The second kappa shape index (κ2) is 5.11. The van der Waals surface area contributed by atoms with E-state index in [2.05, 4.69) is 17.0 Å². The average Bonchev–Trinajstić information content (AvgIpc) is 2.89. The van der Waals surface area contributed by atoms with Crippen LogP contribution in [0.1, 0.15) is 35.3 Å². The van der Waals surface area contributed by atoms with Crippen molar-refractivity contribution >= 4 is 5.82 Å². The van der Waals surface area contributed by atoms with Gasteiger partial charge >= 0.3 is 0 Å². The number of aryl methyl sites for hydroxylation is 1. The van der Waals surface area contributed by atoms with Gasteiger partial charge in [0.2, 0.25) is 0 Å². The number of fused-ring (bicyclic) bond motifs is 1. The minimum absolute atomic E-state index is 0.383. The Hall–Kier alpha value is -1.85. The number of aliphatic hydroxyl groups excluding tert-OH is 1. The molecule has 1 saturated heterocycles. The molecule has 0 aromatic carbocycles. The van der Waals surface area contributed by atoms with Gasteiger partial charge in [0, 0.05) is 30.8 Å². The molecule has 3 heterocycles. The molecule has 2 N–H and O–H groups in total. The van der Waals surface area contributed by atoms with Crippen LogP contribution in [0.15, 0.2) is 28.9 Å². The van der Waals surface area contributed by atoms with Gasteiger partial charge in [-0.15, -0.1) is 0 Å². The van der Waals surface area contributed by atoms with E-state index >= 15 is 0 Å². The van der Waals surface area contributed by atoms with E-state index in [-0.39, 0.29) is 0 Å². The van der Waals surface area contributed by atoms with E-state index in [1.807, 2.05) is 6.92 Å². The van der Waals surface area contributed by atoms with Crippen molar-refractivity contribution in [2.24, 2.45) is 11.8 Å². The van der Waals surface area contributed by atoms with Gasteiger partial charge in [-0.3, -0.25) is 0 Å². The third-order valence-corrected chi connectivity index (χ3v) is 4.82. The Kier molecular flexibility index (Phi) is 3.20. The molecule has 5 heteroatoms. The maximum absolute atomic E-state index is 9.12. The number of piperidine rings is 1. The van der Waals surface area contributed by atoms with Gasteiger partial charge in [0.1, 0.15) is 11.6 Å². The Morgan fingerprint density at radius 3 is 2.73 bits per heavy atom. The van der Waals surface area contributed by atoms with Gasteiger partial charge < -0.3 is 19.5 Å². The molecule has 4 rings (SSSR count). The van der Waals surface area contributed by atoms with Gasteiger partial charge in [-0.05, 0) is 42.9 Å². The number of rotatable bonds is 4. The fraction of sp³-hybridized carbons (Fsp3) is 0.471. The molecule has 1 aliphatic carbocycles. The van der Waals surface area contributed by atoms with Crippen LogP contribution in [0, 0.1) is 18.8 Å². The monoisotopic (exact) mass is 300 g/mol. The number of pyridine rings is 1. The minimum atomic E-state index is -1.49. The molecular formula is C17H20N2O3. The third-order valence-electron chi connectivity index (χ3n) is 4.82. The van der Waals surface area contributed by atoms with E-state index in [1.54, 1.807) is 6.07 Å². The average molecular weight is 300 g/mol. The van der Waals surface area contributed by atoms with E-state index in [9.17, 15) is 0 Å². The molecule has 22 heavy (non-hydrogen) atoms. The summed E-state index contributed by atoms with van der Waals surface area (Å²) in [6.07, 6.45) is 1.90. The topological polar surface area (TPSA) is 69.7 Å². The van der Waals surface area contributed by atoms with Crippen LogP contribution >= 0.6 is 0 Å². The van der Waals surface area contributed by atoms with E-state index in [0.29, 0.717) is 17.7 Å². The molecule has 2 aromatic rings. The smallest absolute Gasteiger partial charge is 0.181 e. The van der Waals surface area contributed by atoms with Crippen LogP contribution in [0.25, 0.3) is 0 Å². The molecule has 2 unspecified atom stereocenters. The molecular weight excluding hydrogens is 280 g/mol. The van der Waals surface area contributed by atoms with E-state index in [0.717, 1.165) is 42.0 Å². The van der Waals surface area contributed by atoms with Gasteiger partial charge in [0.25, 0.3) is 0 Å². The number of nitrogens with zero attached hydrogens (tertiary/aromatic N) is 2. The Labute approximate surface area is 129 Å². The molecule has 0 radical (unpaired) electrons. The summed E-state index contributed by atoms with van der Waals surface area (Å²) >= 11 is 0. The van der Waals surface area contributed by atoms with Crippen molar-refractivity contribution in [3.05, 3.63) is 47.0 Å². The summed E-state index contributed by atoms with van der Waals surface area (Å²) in [6.45, 7) is 4.30. The minimum Gasteiger partial charge on any atom is -0.469 e. The number of anilines is 1. The summed E-state index contributed by atoms with van der Waals surface area (Å²) in [6, 6.07) is 5.85. The van der Waals surface area contributed by atoms with Crippen LogP contribution in [0.5, 0.6) is 0 Å². The SMILES string of the molecule is Cc1nc(N2CC3CC3C2)ccc1Cc1cc(C(O)O)co1. The Balaban J connectivity index is 1.49. The van der Waals surface area contributed by atoms with Crippen LogP contribution in [-0.4, -0.2) is 28.3 Å². The first kappa shape index (κ1) is 13.8. The van der Waals surface area contributed by atoms with Crippen molar-refractivity contribution in [1.29, 1.82) is 0 Å². The predicted octanol–water partition coefficient (Wildman–Crippen LogP) is 2.01. The first-order chi connectivity index (χ1) is 10.6. The van der Waals surface area contributed by atoms with Gasteiger partial charge in [-0.25, -0.2) is 4.98 Å². The number of hydrogen-bond acceptors (Lipinski definition) is 5. The molecule has 2 atom stereocenters. The largest absolute Gasteiger partial charge is 0.469 e. The highest BCUT2D eigenvalue weighted by Crippen LogP contribution is 2.45. The van der Waals surface area contributed by atoms with Crippen molar-refractivity contribution in [1.82, 2.24) is 4.98 Å². The highest BCUT2D eigenvalue weighted by Gasteiger charge is 2.45. The van der Waals surface area contributed by atoms with E-state index < -0.39 is 6.29 Å². The molecule has 116 valence electrons. The first-order valence-electron chi connectivity index (χ1n) is 7.75. The number of hydrogen-bond donors (Lipinski definition) is 2. The second-order valence-electron chi connectivity index (χ2n) is 6.47. The quantitative estimate of drug-likeness (QED) is 0.845. The Bertz CT molecular complexity index is 685. The summed E-state index contributed by atoms with van der Waals surface area (Å²) in [5.41, 5.74) is 2.48. The number of furan rings is 1. The molecule has 2 fully saturated rings. The van der Waals surface area contributed by atoms with Gasteiger partial charge in [0.05, 0.1) is 6.26 Å². The van der Waals surface area contributed by atoms with Crippen molar-refractivity contribution in [2.75, 3.05) is 18.0 Å². The van der Waals surface area contributed by atoms with E-state index in [1.165, 1.54) is 12.7 Å². The zero-order valence-electron chi connectivity index (χ0n) is 12.6. The van der Waals surface area contributed by atoms with Crippen LogP contribution in [0.2, 0.25) is 0 Å². The first-order valence-corrected chi connectivity index (χ1v) is 7.75. The lowest BCUT2D eigenvalue weighted by atomic mass is 10.1. The molecule has 1 aliphatic heterocycles. The summed E-state index contributed by atoms with van der Waals surface area (Å²) in [5, 5.41) is 18.2. The van der Waals surface area contributed by atoms with Crippen LogP contribution in [0.4, 0.5) is 5.82 Å². The highest BCUT2D eigenvalue weighted by atomic mass is 16.5. The molecule has 0 spiro atoms. The third kappa shape index (κ3) is 2.51. The lowest BCUT2D eigenvalue weighted by Gasteiger charge is -2.20. The van der Waals surface area contributed by atoms with Gasteiger partial charge in [-0.2, -0.15) is 0 Å². The normalized spacial score (nSPS) is 23.2. The molecule has 1 saturated carbocycles. The zero-order chi connectivity index (χ0) is 15.3. The Morgan fingerprint density at radius 2 is 2.09 bits per heavy atom. The standard InChI is InChI=1S/C17H20N2O3/c1-10-11(5-15-6-14(9-22-15)17(20)21)2-3-16(18-10)19-7-12-4-13(12)8-19/h2-3,6,9,12-13,17,20-21H,4-5,7-8H2,1H3. The second-order valence-corrected chi connectivity index (χ2v) is 6.47. The fourth-order valence-corrected chi connectivity index (χ4v) is 3.34. The lowest BCUT2D eigenvalue weighted by molar-refractivity contribution is -0.0428. The highest BCUT2D eigenvalue weighted by molar-refractivity contribution is 5.44. The van der Waals surface area contributed by atoms with Crippen LogP contribution in [-0.2, 0) is 6.42 Å². The van der Waals surface area contributed by atoms with Crippen molar-refractivity contribution in [3.8, 4) is 0 Å². The van der Waals surface area contributed by atoms with Crippen molar-refractivity contribution in [2.45, 2.75) is 26.1 Å². The zero-order valence-corrected chi connectivity index (χ0v) is 12.6. The lowest BCUT2D eigenvalue weighted by Crippen LogP contribution is -2.23. The van der Waals surface area contributed by atoms with Crippen molar-refractivity contribution < 1.29 is 14.6 Å². The summed E-state index contributed by atoms with van der Waals surface area (Å²) in [7, 11) is 0. The molecule has 0 bridgehead atoms. The molecule has 0 amide bonds. The summed E-state index contributed by atoms with van der Waals surface area (Å²) < 4.78 is 5.38. The number of aromatic nitrogens is 1. The predicted molar refractivity (Wildman–Crippen MR) is 81.5 cm³/mol. The van der Waals surface area contributed by atoms with Crippen LogP contribution < -0.4 is 4.90 Å². The Morgan fingerprint density at radius 1 is 1.32 bits per heavy atom.